The van der Waals surface area contributed by atoms with E-state index in [4.69, 9.17) is 15.2 Å². The van der Waals surface area contributed by atoms with Crippen molar-refractivity contribution in [3.05, 3.63) is 23.8 Å². The second kappa shape index (κ2) is 22.7. The molecule has 4 nitrogen and oxygen atoms in total. The van der Waals surface area contributed by atoms with Crippen molar-refractivity contribution in [3.8, 4) is 11.5 Å². The van der Waals surface area contributed by atoms with Gasteiger partial charge in [0.1, 0.15) is 11.5 Å². The van der Waals surface area contributed by atoms with Crippen LogP contribution in [0, 0.1) is 0 Å². The standard InChI is InChI=1S/C31H55NO3/c1-3-5-7-9-11-13-15-17-19-21-23-34-29-25-28(31(32)33)26-30(27-29)35-24-22-20-18-16-14-12-10-8-6-4-2/h25-27H,3-24H2,1-2H3,(H2,32,33). The van der Waals surface area contributed by atoms with Gasteiger partial charge >= 0.3 is 0 Å². The van der Waals surface area contributed by atoms with Crippen LogP contribution in [-0.2, 0) is 0 Å². The predicted molar refractivity (Wildman–Crippen MR) is 150 cm³/mol. The molecule has 1 amide bonds. The first-order chi connectivity index (χ1) is 17.2. The first-order valence-corrected chi connectivity index (χ1v) is 14.9. The number of nitrogens with two attached hydrogens (primary N) is 1. The molecule has 0 fully saturated rings. The molecule has 0 saturated heterocycles. The van der Waals surface area contributed by atoms with Gasteiger partial charge in [-0.15, -0.1) is 0 Å². The van der Waals surface area contributed by atoms with Crippen LogP contribution < -0.4 is 15.2 Å². The largest absolute Gasteiger partial charge is 0.493 e. The molecular weight excluding hydrogens is 434 g/mol. The van der Waals surface area contributed by atoms with Crippen LogP contribution in [0.1, 0.15) is 153 Å². The van der Waals surface area contributed by atoms with Crippen molar-refractivity contribution >= 4 is 5.91 Å². The number of rotatable bonds is 25. The summed E-state index contributed by atoms with van der Waals surface area (Å²) in [5.41, 5.74) is 5.97. The van der Waals surface area contributed by atoms with Crippen LogP contribution in [0.15, 0.2) is 18.2 Å². The van der Waals surface area contributed by atoms with Gasteiger partial charge in [-0.25, -0.2) is 0 Å². The van der Waals surface area contributed by atoms with Crippen LogP contribution in [0.4, 0.5) is 0 Å². The highest BCUT2D eigenvalue weighted by molar-refractivity contribution is 5.93. The minimum absolute atomic E-state index is 0.446. The summed E-state index contributed by atoms with van der Waals surface area (Å²) in [6, 6.07) is 5.34. The summed E-state index contributed by atoms with van der Waals surface area (Å²) in [6.45, 7) is 5.85. The van der Waals surface area contributed by atoms with Gasteiger partial charge in [0.05, 0.1) is 13.2 Å². The lowest BCUT2D eigenvalue weighted by Crippen LogP contribution is -2.12. The second-order valence-corrected chi connectivity index (χ2v) is 10.1. The topological polar surface area (TPSA) is 61.6 Å². The van der Waals surface area contributed by atoms with Gasteiger partial charge in [0.25, 0.3) is 0 Å². The molecule has 0 heterocycles. The van der Waals surface area contributed by atoms with Crippen molar-refractivity contribution in [2.45, 2.75) is 142 Å². The quantitative estimate of drug-likeness (QED) is 0.139. The number of amides is 1. The molecule has 35 heavy (non-hydrogen) atoms. The van der Waals surface area contributed by atoms with Gasteiger partial charge < -0.3 is 15.2 Å². The first kappa shape index (κ1) is 31.3. The summed E-state index contributed by atoms with van der Waals surface area (Å²) in [7, 11) is 0. The number of unbranched alkanes of at least 4 members (excludes halogenated alkanes) is 18. The Morgan fingerprint density at radius 1 is 0.543 bits per heavy atom. The third kappa shape index (κ3) is 18.3. The Morgan fingerprint density at radius 2 is 0.857 bits per heavy atom. The van der Waals surface area contributed by atoms with Crippen LogP contribution in [0.5, 0.6) is 11.5 Å². The smallest absolute Gasteiger partial charge is 0.248 e. The minimum Gasteiger partial charge on any atom is -0.493 e. The van der Waals surface area contributed by atoms with Gasteiger partial charge in [-0.3, -0.25) is 4.79 Å². The van der Waals surface area contributed by atoms with Crippen LogP contribution in [0.25, 0.3) is 0 Å². The number of hydrogen-bond donors (Lipinski definition) is 1. The number of carbonyl (C=O) groups excluding carboxylic acids is 1. The van der Waals surface area contributed by atoms with E-state index in [0.717, 1.165) is 12.8 Å². The van der Waals surface area contributed by atoms with E-state index in [0.29, 0.717) is 30.3 Å². The van der Waals surface area contributed by atoms with Crippen molar-refractivity contribution in [3.63, 3.8) is 0 Å². The van der Waals surface area contributed by atoms with Crippen molar-refractivity contribution in [1.29, 1.82) is 0 Å². The summed E-state index contributed by atoms with van der Waals surface area (Å²) in [6.07, 6.45) is 26.0. The number of benzene rings is 1. The fraction of sp³-hybridized carbons (Fsp3) is 0.774. The number of carbonyl (C=O) groups is 1. The Bertz CT molecular complexity index is 587. The van der Waals surface area contributed by atoms with Gasteiger partial charge in [-0.1, -0.05) is 129 Å². The third-order valence-corrected chi connectivity index (χ3v) is 6.70. The van der Waals surface area contributed by atoms with Crippen molar-refractivity contribution in [2.24, 2.45) is 5.73 Å². The molecule has 0 spiro atoms. The lowest BCUT2D eigenvalue weighted by Gasteiger charge is -2.12. The van der Waals surface area contributed by atoms with Gasteiger partial charge in [0, 0.05) is 11.6 Å². The fourth-order valence-electron chi connectivity index (χ4n) is 4.44. The molecule has 0 aromatic heterocycles. The van der Waals surface area contributed by atoms with Crippen LogP contribution in [0.3, 0.4) is 0 Å². The summed E-state index contributed by atoms with van der Waals surface area (Å²) in [5, 5.41) is 0. The maximum Gasteiger partial charge on any atom is 0.248 e. The van der Waals surface area contributed by atoms with E-state index in [1.807, 2.05) is 6.07 Å². The SMILES string of the molecule is CCCCCCCCCCCCOc1cc(OCCCCCCCCCCCC)cc(C(N)=O)c1. The van der Waals surface area contributed by atoms with Crippen molar-refractivity contribution in [2.75, 3.05) is 13.2 Å². The highest BCUT2D eigenvalue weighted by atomic mass is 16.5. The second-order valence-electron chi connectivity index (χ2n) is 10.1. The Labute approximate surface area is 216 Å². The zero-order valence-electron chi connectivity index (χ0n) is 23.1. The molecule has 0 aliphatic rings. The van der Waals surface area contributed by atoms with Crippen LogP contribution in [0.2, 0.25) is 0 Å². The monoisotopic (exact) mass is 489 g/mol. The zero-order chi connectivity index (χ0) is 25.4. The molecule has 4 heteroatoms. The Kier molecular flexibility index (Phi) is 20.3. The predicted octanol–water partition coefficient (Wildman–Crippen LogP) is 9.38. The average Bonchev–Trinajstić information content (AvgIpc) is 2.85. The molecule has 0 unspecified atom stereocenters. The van der Waals surface area contributed by atoms with Crippen LogP contribution >= 0.6 is 0 Å². The Balaban J connectivity index is 2.18. The maximum atomic E-state index is 11.7. The molecule has 0 aliphatic heterocycles. The first-order valence-electron chi connectivity index (χ1n) is 14.9. The highest BCUT2D eigenvalue weighted by Gasteiger charge is 2.08. The molecule has 0 bridgehead atoms. The number of primary amides is 1. The Morgan fingerprint density at radius 3 is 1.17 bits per heavy atom. The molecule has 1 rings (SSSR count). The molecule has 2 N–H and O–H groups in total. The van der Waals surface area contributed by atoms with Gasteiger partial charge in [-0.05, 0) is 25.0 Å². The van der Waals surface area contributed by atoms with E-state index >= 15 is 0 Å². The lowest BCUT2D eigenvalue weighted by molar-refractivity contribution is 0.0999. The lowest BCUT2D eigenvalue weighted by atomic mass is 10.1. The van der Waals surface area contributed by atoms with E-state index < -0.39 is 5.91 Å². The summed E-state index contributed by atoms with van der Waals surface area (Å²) >= 11 is 0. The fourth-order valence-corrected chi connectivity index (χ4v) is 4.44. The molecular formula is C31H55NO3. The molecule has 0 aliphatic carbocycles. The molecule has 0 saturated carbocycles. The zero-order valence-corrected chi connectivity index (χ0v) is 23.1. The molecule has 202 valence electrons. The van der Waals surface area contributed by atoms with Gasteiger partial charge in [-0.2, -0.15) is 0 Å². The minimum atomic E-state index is -0.446. The van der Waals surface area contributed by atoms with E-state index in [9.17, 15) is 4.79 Å². The average molecular weight is 490 g/mol. The van der Waals surface area contributed by atoms with E-state index in [-0.39, 0.29) is 0 Å². The third-order valence-electron chi connectivity index (χ3n) is 6.70. The summed E-state index contributed by atoms with van der Waals surface area (Å²) < 4.78 is 11.9. The van der Waals surface area contributed by atoms with E-state index in [1.54, 1.807) is 12.1 Å². The summed E-state index contributed by atoms with van der Waals surface area (Å²) in [5.74, 6) is 0.906. The normalized spacial score (nSPS) is 11.0. The van der Waals surface area contributed by atoms with E-state index in [1.165, 1.54) is 116 Å². The van der Waals surface area contributed by atoms with Crippen molar-refractivity contribution in [1.82, 2.24) is 0 Å². The Hall–Kier alpha value is -1.71. The highest BCUT2D eigenvalue weighted by Crippen LogP contribution is 2.24. The molecule has 1 aromatic rings. The van der Waals surface area contributed by atoms with E-state index in [2.05, 4.69) is 13.8 Å². The number of ether oxygens (including phenoxy) is 2. The van der Waals surface area contributed by atoms with Crippen molar-refractivity contribution < 1.29 is 14.3 Å². The number of hydrogen-bond acceptors (Lipinski definition) is 3. The molecule has 1 aromatic carbocycles. The molecule has 0 atom stereocenters. The summed E-state index contributed by atoms with van der Waals surface area (Å²) in [4.78, 5) is 11.7. The van der Waals surface area contributed by atoms with Gasteiger partial charge in [0.15, 0.2) is 0 Å². The van der Waals surface area contributed by atoms with Gasteiger partial charge in [0.2, 0.25) is 5.91 Å². The maximum absolute atomic E-state index is 11.7. The van der Waals surface area contributed by atoms with Crippen LogP contribution in [-0.4, -0.2) is 19.1 Å². The molecule has 0 radical (unpaired) electrons.